The van der Waals surface area contributed by atoms with Crippen LogP contribution in [0.2, 0.25) is 0 Å². The molecule has 1 heterocycles. The molecule has 0 aromatic heterocycles. The predicted octanol–water partition coefficient (Wildman–Crippen LogP) is 2.54. The highest BCUT2D eigenvalue weighted by Crippen LogP contribution is 2.15. The molecule has 22 heavy (non-hydrogen) atoms. The molecule has 0 radical (unpaired) electrons. The molecule has 1 fully saturated rings. The van der Waals surface area contributed by atoms with Crippen molar-refractivity contribution in [2.24, 2.45) is 10.9 Å². The van der Waals surface area contributed by atoms with E-state index in [2.05, 4.69) is 28.6 Å². The number of piperazine rings is 1. The van der Waals surface area contributed by atoms with E-state index in [1.807, 2.05) is 20.8 Å². The normalized spacial score (nSPS) is 19.7. The molecule has 126 valence electrons. The Bertz CT molecular complexity index is 435. The highest BCUT2D eigenvalue weighted by atomic mass is 16.5. The fourth-order valence-corrected chi connectivity index (χ4v) is 2.64. The number of rotatable bonds is 6. The molecule has 5 nitrogen and oxygen atoms in total. The molecule has 0 spiro atoms. The number of allylic oxidation sites excluding steroid dienone is 2. The second-order valence-electron chi connectivity index (χ2n) is 6.00. The average Bonchev–Trinajstić information content (AvgIpc) is 2.53. The maximum atomic E-state index is 11.6. The largest absolute Gasteiger partial charge is 0.469 e. The van der Waals surface area contributed by atoms with Gasteiger partial charge in [-0.25, -0.2) is 0 Å². The Kier molecular flexibility index (Phi) is 7.59. The number of esters is 1. The summed E-state index contributed by atoms with van der Waals surface area (Å²) in [6.07, 6.45) is 1.21. The van der Waals surface area contributed by atoms with Gasteiger partial charge < -0.3 is 9.64 Å². The number of carbonyl (C=O) groups excluding carboxylic acids is 1. The van der Waals surface area contributed by atoms with Crippen molar-refractivity contribution in [3.63, 3.8) is 0 Å². The van der Waals surface area contributed by atoms with Gasteiger partial charge in [-0.1, -0.05) is 6.92 Å². The van der Waals surface area contributed by atoms with E-state index in [1.54, 1.807) is 0 Å². The molecule has 1 aliphatic heterocycles. The summed E-state index contributed by atoms with van der Waals surface area (Å²) in [5.74, 6) is -0.533. The number of hydrogen-bond acceptors (Lipinski definition) is 5. The van der Waals surface area contributed by atoms with Crippen LogP contribution in [-0.2, 0) is 9.53 Å². The van der Waals surface area contributed by atoms with Gasteiger partial charge in [0.25, 0.3) is 0 Å². The van der Waals surface area contributed by atoms with Crippen molar-refractivity contribution in [3.05, 3.63) is 11.4 Å². The molecule has 0 saturated carbocycles. The molecule has 0 aromatic rings. The number of hydrogen-bond donors (Lipinski definition) is 0. The number of carbonyl (C=O) groups is 1. The van der Waals surface area contributed by atoms with Crippen LogP contribution in [0.3, 0.4) is 0 Å². The first-order valence-corrected chi connectivity index (χ1v) is 8.18. The molecule has 0 aliphatic carbocycles. The molecule has 1 saturated heterocycles. The maximum Gasteiger partial charge on any atom is 0.314 e. The Balaban J connectivity index is 2.71. The monoisotopic (exact) mass is 309 g/mol. The smallest absolute Gasteiger partial charge is 0.314 e. The first-order chi connectivity index (χ1) is 10.4. The van der Waals surface area contributed by atoms with Crippen molar-refractivity contribution in [1.82, 2.24) is 9.80 Å². The van der Waals surface area contributed by atoms with Gasteiger partial charge in [0.05, 0.1) is 18.7 Å². The van der Waals surface area contributed by atoms with Gasteiger partial charge >= 0.3 is 5.97 Å². The van der Waals surface area contributed by atoms with E-state index in [-0.39, 0.29) is 11.9 Å². The van der Waals surface area contributed by atoms with Crippen molar-refractivity contribution in [1.29, 1.82) is 0 Å². The Morgan fingerprint density at radius 3 is 2.27 bits per heavy atom. The zero-order chi connectivity index (χ0) is 16.7. The van der Waals surface area contributed by atoms with Crippen LogP contribution < -0.4 is 0 Å². The van der Waals surface area contributed by atoms with Gasteiger partial charge in [0.2, 0.25) is 0 Å². The lowest BCUT2D eigenvalue weighted by Gasteiger charge is -2.36. The molecule has 0 N–H and O–H groups in total. The summed E-state index contributed by atoms with van der Waals surface area (Å²) in [6.45, 7) is 15.6. The fraction of sp³-hybridized carbons (Fsp3) is 0.765. The minimum Gasteiger partial charge on any atom is -0.469 e. The Hall–Kier alpha value is -1.36. The summed E-state index contributed by atoms with van der Waals surface area (Å²) >= 11 is 0. The number of methoxy groups -OCH3 is 1. The van der Waals surface area contributed by atoms with E-state index < -0.39 is 0 Å². The van der Waals surface area contributed by atoms with E-state index in [0.717, 1.165) is 37.6 Å². The quantitative estimate of drug-likeness (QED) is 0.559. The van der Waals surface area contributed by atoms with E-state index in [1.165, 1.54) is 25.8 Å². The molecule has 1 rings (SSSR count). The van der Waals surface area contributed by atoms with Crippen LogP contribution in [-0.4, -0.2) is 61.3 Å². The van der Waals surface area contributed by atoms with Gasteiger partial charge in [0, 0.05) is 37.6 Å². The minimum atomic E-state index is -0.297. The number of nitrogens with zero attached hydrogens (tertiary/aromatic N) is 3. The Labute approximate surface area is 135 Å². The summed E-state index contributed by atoms with van der Waals surface area (Å²) in [5, 5.41) is 0. The molecule has 5 heteroatoms. The third kappa shape index (κ3) is 5.13. The van der Waals surface area contributed by atoms with Crippen LogP contribution in [0.15, 0.2) is 16.4 Å². The van der Waals surface area contributed by atoms with Crippen molar-refractivity contribution in [2.75, 3.05) is 39.8 Å². The molecule has 0 amide bonds. The van der Waals surface area contributed by atoms with Gasteiger partial charge in [0.15, 0.2) is 0 Å². The van der Waals surface area contributed by atoms with E-state index in [9.17, 15) is 4.79 Å². The van der Waals surface area contributed by atoms with Gasteiger partial charge in [-0.05, 0) is 40.7 Å². The summed E-state index contributed by atoms with van der Waals surface area (Å²) in [6, 6.07) is 0. The number of aliphatic imine (C=N–C) groups is 1. The number of ether oxygens (including phenoxy) is 1. The molecule has 0 aromatic carbocycles. The molecular weight excluding hydrogens is 278 g/mol. The molecule has 1 aliphatic rings. The van der Waals surface area contributed by atoms with Gasteiger partial charge in [-0.2, -0.15) is 0 Å². The van der Waals surface area contributed by atoms with E-state index in [0.29, 0.717) is 0 Å². The van der Waals surface area contributed by atoms with Crippen LogP contribution in [0.1, 0.15) is 41.0 Å². The van der Waals surface area contributed by atoms with Crippen molar-refractivity contribution in [3.8, 4) is 0 Å². The zero-order valence-electron chi connectivity index (χ0n) is 15.0. The van der Waals surface area contributed by atoms with Crippen LogP contribution >= 0.6 is 0 Å². The summed E-state index contributed by atoms with van der Waals surface area (Å²) in [7, 11) is 1.41. The van der Waals surface area contributed by atoms with Crippen LogP contribution in [0.25, 0.3) is 0 Å². The highest BCUT2D eigenvalue weighted by Gasteiger charge is 2.19. The van der Waals surface area contributed by atoms with E-state index in [4.69, 9.17) is 4.74 Å². The maximum absolute atomic E-state index is 11.6. The standard InChI is InChI=1S/C17H31N3O2/c1-7-8-19-9-11-20(12-10-19)16(5)15(4)18-14(3)13(2)17(21)22-6/h13H,7-12H2,1-6H3/b16-15+,18-14?. The van der Waals surface area contributed by atoms with Gasteiger partial charge in [0.1, 0.15) is 0 Å². The van der Waals surface area contributed by atoms with Crippen molar-refractivity contribution in [2.45, 2.75) is 41.0 Å². The van der Waals surface area contributed by atoms with Crippen molar-refractivity contribution < 1.29 is 9.53 Å². The second-order valence-corrected chi connectivity index (χ2v) is 6.00. The lowest BCUT2D eigenvalue weighted by molar-refractivity contribution is -0.142. The lowest BCUT2D eigenvalue weighted by Crippen LogP contribution is -2.45. The molecule has 0 bridgehead atoms. The Morgan fingerprint density at radius 2 is 1.77 bits per heavy atom. The third-order valence-electron chi connectivity index (χ3n) is 4.44. The van der Waals surface area contributed by atoms with E-state index >= 15 is 0 Å². The first kappa shape index (κ1) is 18.7. The Morgan fingerprint density at radius 1 is 1.18 bits per heavy atom. The second kappa shape index (κ2) is 8.93. The zero-order valence-corrected chi connectivity index (χ0v) is 15.0. The molecular formula is C17H31N3O2. The summed E-state index contributed by atoms with van der Waals surface area (Å²) < 4.78 is 4.77. The van der Waals surface area contributed by atoms with Gasteiger partial charge in [-0.15, -0.1) is 0 Å². The first-order valence-electron chi connectivity index (χ1n) is 8.18. The van der Waals surface area contributed by atoms with Crippen LogP contribution in [0, 0.1) is 5.92 Å². The topological polar surface area (TPSA) is 45.1 Å². The summed E-state index contributed by atoms with van der Waals surface area (Å²) in [5.41, 5.74) is 2.98. The lowest BCUT2D eigenvalue weighted by atomic mass is 10.1. The highest BCUT2D eigenvalue weighted by molar-refractivity contribution is 6.00. The fourth-order valence-electron chi connectivity index (χ4n) is 2.64. The average molecular weight is 309 g/mol. The van der Waals surface area contributed by atoms with Crippen LogP contribution in [0.4, 0.5) is 0 Å². The van der Waals surface area contributed by atoms with Crippen molar-refractivity contribution >= 4 is 11.7 Å². The van der Waals surface area contributed by atoms with Gasteiger partial charge in [-0.3, -0.25) is 14.7 Å². The SMILES string of the molecule is CCCN1CCN(/C(C)=C(\C)N=C(C)C(C)C(=O)OC)CC1. The molecule has 1 unspecified atom stereocenters. The minimum absolute atomic E-state index is 0.236. The summed E-state index contributed by atoms with van der Waals surface area (Å²) in [4.78, 5) is 21.1. The third-order valence-corrected chi connectivity index (χ3v) is 4.44. The molecule has 1 atom stereocenters. The predicted molar refractivity (Wildman–Crippen MR) is 91.0 cm³/mol. The van der Waals surface area contributed by atoms with Crippen LogP contribution in [0.5, 0.6) is 0 Å².